The number of hydrogen-bond donors (Lipinski definition) is 1. The van der Waals surface area contributed by atoms with E-state index in [0.29, 0.717) is 0 Å². The summed E-state index contributed by atoms with van der Waals surface area (Å²) < 4.78 is 0. The minimum Gasteiger partial charge on any atom is -0.313 e. The fourth-order valence-electron chi connectivity index (χ4n) is 3.46. The van der Waals surface area contributed by atoms with Gasteiger partial charge in [0.25, 0.3) is 0 Å². The molecule has 1 unspecified atom stereocenters. The van der Waals surface area contributed by atoms with Gasteiger partial charge in [-0.2, -0.15) is 0 Å². The molecule has 3 heteroatoms. The van der Waals surface area contributed by atoms with Crippen molar-refractivity contribution in [2.75, 3.05) is 39.3 Å². The first kappa shape index (κ1) is 14.3. The summed E-state index contributed by atoms with van der Waals surface area (Å²) in [6.45, 7) is 12.3. The third-order valence-electron chi connectivity index (χ3n) is 4.62. The Morgan fingerprint density at radius 1 is 1.11 bits per heavy atom. The van der Waals surface area contributed by atoms with Crippen molar-refractivity contribution in [3.8, 4) is 0 Å². The van der Waals surface area contributed by atoms with Crippen LogP contribution in [-0.2, 0) is 0 Å². The third-order valence-corrected chi connectivity index (χ3v) is 4.62. The first-order chi connectivity index (χ1) is 8.83. The van der Waals surface area contributed by atoms with Crippen LogP contribution in [0, 0.1) is 0 Å². The van der Waals surface area contributed by atoms with Crippen LogP contribution < -0.4 is 5.32 Å². The van der Waals surface area contributed by atoms with E-state index in [9.17, 15) is 0 Å². The highest BCUT2D eigenvalue weighted by Gasteiger charge is 2.26. The molecule has 3 nitrogen and oxygen atoms in total. The van der Waals surface area contributed by atoms with Crippen molar-refractivity contribution in [3.05, 3.63) is 0 Å². The second-order valence-electron chi connectivity index (χ2n) is 5.98. The van der Waals surface area contributed by atoms with E-state index >= 15 is 0 Å². The predicted molar refractivity (Wildman–Crippen MR) is 78.0 cm³/mol. The molecule has 0 radical (unpaired) electrons. The highest BCUT2D eigenvalue weighted by Crippen LogP contribution is 2.19. The third kappa shape index (κ3) is 3.94. The number of piperidine rings is 1. The van der Waals surface area contributed by atoms with E-state index in [2.05, 4.69) is 29.0 Å². The summed E-state index contributed by atoms with van der Waals surface area (Å²) in [7, 11) is 0. The van der Waals surface area contributed by atoms with Gasteiger partial charge in [0.2, 0.25) is 0 Å². The molecule has 2 aliphatic heterocycles. The molecule has 2 rings (SSSR count). The Morgan fingerprint density at radius 2 is 1.89 bits per heavy atom. The molecule has 2 fully saturated rings. The lowest BCUT2D eigenvalue weighted by molar-refractivity contribution is 0.106. The quantitative estimate of drug-likeness (QED) is 0.826. The van der Waals surface area contributed by atoms with Crippen LogP contribution in [-0.4, -0.2) is 61.2 Å². The van der Waals surface area contributed by atoms with Gasteiger partial charge in [-0.1, -0.05) is 13.8 Å². The van der Waals surface area contributed by atoms with E-state index in [4.69, 9.17) is 0 Å². The lowest BCUT2D eigenvalue weighted by atomic mass is 10.0. The zero-order valence-corrected chi connectivity index (χ0v) is 12.3. The van der Waals surface area contributed by atoms with Crippen molar-refractivity contribution < 1.29 is 0 Å². The smallest absolute Gasteiger partial charge is 0.0192 e. The van der Waals surface area contributed by atoms with Crippen LogP contribution in [0.3, 0.4) is 0 Å². The van der Waals surface area contributed by atoms with E-state index in [1.807, 2.05) is 0 Å². The van der Waals surface area contributed by atoms with Crippen molar-refractivity contribution in [3.63, 3.8) is 0 Å². The Hall–Kier alpha value is -0.120. The molecule has 0 spiro atoms. The zero-order chi connectivity index (χ0) is 12.8. The van der Waals surface area contributed by atoms with Crippen LogP contribution in [0.2, 0.25) is 0 Å². The summed E-state index contributed by atoms with van der Waals surface area (Å²) in [5, 5.41) is 3.68. The Morgan fingerprint density at radius 3 is 2.56 bits per heavy atom. The van der Waals surface area contributed by atoms with Gasteiger partial charge in [-0.3, -0.25) is 4.90 Å². The molecule has 106 valence electrons. The zero-order valence-electron chi connectivity index (χ0n) is 12.3. The highest BCUT2D eigenvalue weighted by molar-refractivity contribution is 4.84. The SMILES string of the molecule is CCCN1CCC(N2CCCNC(CC)C2)CC1. The molecule has 0 aromatic carbocycles. The van der Waals surface area contributed by atoms with Crippen molar-refractivity contribution in [2.45, 2.75) is 58.0 Å². The number of rotatable bonds is 4. The van der Waals surface area contributed by atoms with Gasteiger partial charge in [-0.25, -0.2) is 0 Å². The molecule has 0 aromatic heterocycles. The fraction of sp³-hybridized carbons (Fsp3) is 1.00. The summed E-state index contributed by atoms with van der Waals surface area (Å²) in [6.07, 6.45) is 6.67. The summed E-state index contributed by atoms with van der Waals surface area (Å²) in [6, 6.07) is 1.58. The maximum atomic E-state index is 3.68. The van der Waals surface area contributed by atoms with E-state index < -0.39 is 0 Å². The molecular formula is C15H31N3. The molecule has 0 amide bonds. The Bertz CT molecular complexity index is 224. The monoisotopic (exact) mass is 253 g/mol. The Kier molecular flexibility index (Phi) is 5.93. The van der Waals surface area contributed by atoms with Crippen LogP contribution in [0.1, 0.15) is 46.0 Å². The molecule has 2 saturated heterocycles. The Balaban J connectivity index is 1.80. The number of nitrogens with one attached hydrogen (secondary N) is 1. The lowest BCUT2D eigenvalue weighted by Gasteiger charge is -2.39. The van der Waals surface area contributed by atoms with Crippen molar-refractivity contribution >= 4 is 0 Å². The van der Waals surface area contributed by atoms with E-state index in [1.165, 1.54) is 71.4 Å². The first-order valence-electron chi connectivity index (χ1n) is 8.03. The van der Waals surface area contributed by atoms with Gasteiger partial charge in [0.15, 0.2) is 0 Å². The van der Waals surface area contributed by atoms with E-state index in [1.54, 1.807) is 0 Å². The molecule has 0 bridgehead atoms. The molecule has 0 aliphatic carbocycles. The lowest BCUT2D eigenvalue weighted by Crippen LogP contribution is -2.48. The van der Waals surface area contributed by atoms with Gasteiger partial charge in [0.05, 0.1) is 0 Å². The number of hydrogen-bond acceptors (Lipinski definition) is 3. The average molecular weight is 253 g/mol. The minimum absolute atomic E-state index is 0.723. The fourth-order valence-corrected chi connectivity index (χ4v) is 3.46. The average Bonchev–Trinajstić information content (AvgIpc) is 2.65. The van der Waals surface area contributed by atoms with E-state index in [0.717, 1.165) is 12.1 Å². The standard InChI is InChI=1S/C15H31N3/c1-3-9-17-11-6-15(7-12-17)18-10-5-8-16-14(4-2)13-18/h14-16H,3-13H2,1-2H3. The van der Waals surface area contributed by atoms with Crippen molar-refractivity contribution in [2.24, 2.45) is 0 Å². The second kappa shape index (κ2) is 7.46. The van der Waals surface area contributed by atoms with Gasteiger partial charge in [-0.15, -0.1) is 0 Å². The van der Waals surface area contributed by atoms with Gasteiger partial charge in [-0.05, 0) is 64.8 Å². The van der Waals surface area contributed by atoms with Crippen LogP contribution in [0.5, 0.6) is 0 Å². The molecule has 18 heavy (non-hydrogen) atoms. The molecule has 0 aromatic rings. The molecule has 2 heterocycles. The van der Waals surface area contributed by atoms with Crippen LogP contribution in [0.4, 0.5) is 0 Å². The normalized spacial score (nSPS) is 29.3. The topological polar surface area (TPSA) is 18.5 Å². The molecule has 1 N–H and O–H groups in total. The van der Waals surface area contributed by atoms with Gasteiger partial charge < -0.3 is 10.2 Å². The van der Waals surface area contributed by atoms with Crippen molar-refractivity contribution in [1.82, 2.24) is 15.1 Å². The predicted octanol–water partition coefficient (Wildman–Crippen LogP) is 1.93. The number of nitrogens with zero attached hydrogens (tertiary/aromatic N) is 2. The van der Waals surface area contributed by atoms with Crippen molar-refractivity contribution in [1.29, 1.82) is 0 Å². The summed E-state index contributed by atoms with van der Waals surface area (Å²) in [5.41, 5.74) is 0. The second-order valence-corrected chi connectivity index (χ2v) is 5.98. The summed E-state index contributed by atoms with van der Waals surface area (Å²) in [5.74, 6) is 0. The highest BCUT2D eigenvalue weighted by atomic mass is 15.2. The maximum absolute atomic E-state index is 3.68. The minimum atomic E-state index is 0.723. The summed E-state index contributed by atoms with van der Waals surface area (Å²) in [4.78, 5) is 5.42. The van der Waals surface area contributed by atoms with Crippen LogP contribution >= 0.6 is 0 Å². The maximum Gasteiger partial charge on any atom is 0.0192 e. The number of likely N-dealkylation sites (tertiary alicyclic amines) is 1. The van der Waals surface area contributed by atoms with Gasteiger partial charge >= 0.3 is 0 Å². The first-order valence-corrected chi connectivity index (χ1v) is 8.03. The van der Waals surface area contributed by atoms with Crippen LogP contribution in [0.15, 0.2) is 0 Å². The van der Waals surface area contributed by atoms with E-state index in [-0.39, 0.29) is 0 Å². The molecule has 2 aliphatic rings. The summed E-state index contributed by atoms with van der Waals surface area (Å²) >= 11 is 0. The molecule has 1 atom stereocenters. The molecular weight excluding hydrogens is 222 g/mol. The largest absolute Gasteiger partial charge is 0.313 e. The Labute approximate surface area is 113 Å². The van der Waals surface area contributed by atoms with Gasteiger partial charge in [0.1, 0.15) is 0 Å². The van der Waals surface area contributed by atoms with Gasteiger partial charge in [0, 0.05) is 18.6 Å². The molecule has 0 saturated carbocycles. The van der Waals surface area contributed by atoms with Crippen LogP contribution in [0.25, 0.3) is 0 Å².